The van der Waals surface area contributed by atoms with Crippen LogP contribution in [0, 0.1) is 12.3 Å². The largest absolute Gasteiger partial charge is 0.481 e. The van der Waals surface area contributed by atoms with Crippen molar-refractivity contribution in [2.45, 2.75) is 20.3 Å². The number of hydrogen-bond acceptors (Lipinski definition) is 5. The Balaban J connectivity index is 1.86. The number of nitrogens with zero attached hydrogens (tertiary/aromatic N) is 2. The summed E-state index contributed by atoms with van der Waals surface area (Å²) < 4.78 is 10.00. The van der Waals surface area contributed by atoms with E-state index in [-0.39, 0.29) is 24.9 Å². The van der Waals surface area contributed by atoms with E-state index in [1.54, 1.807) is 19.9 Å². The summed E-state index contributed by atoms with van der Waals surface area (Å²) in [7, 11) is 0. The summed E-state index contributed by atoms with van der Waals surface area (Å²) >= 11 is 0. The van der Waals surface area contributed by atoms with Crippen LogP contribution in [-0.2, 0) is 9.59 Å². The molecule has 1 aliphatic rings. The summed E-state index contributed by atoms with van der Waals surface area (Å²) in [4.78, 5) is 24.5. The van der Waals surface area contributed by atoms with Crippen LogP contribution >= 0.6 is 0 Å². The zero-order valence-corrected chi connectivity index (χ0v) is 10.9. The molecule has 2 heterocycles. The van der Waals surface area contributed by atoms with Gasteiger partial charge in [0.2, 0.25) is 0 Å². The van der Waals surface area contributed by atoms with Crippen molar-refractivity contribution in [2.24, 2.45) is 5.41 Å². The van der Waals surface area contributed by atoms with Crippen molar-refractivity contribution in [3.05, 3.63) is 11.8 Å². The molecule has 0 spiro atoms. The molecule has 0 saturated carbocycles. The molecule has 1 N–H and O–H groups in total. The number of amides is 1. The molecule has 1 atom stereocenters. The van der Waals surface area contributed by atoms with Gasteiger partial charge in [-0.15, -0.1) is 0 Å². The molecular weight excluding hydrogens is 252 g/mol. The Kier molecular flexibility index (Phi) is 3.46. The van der Waals surface area contributed by atoms with E-state index < -0.39 is 11.4 Å². The lowest BCUT2D eigenvalue weighted by Gasteiger charge is -2.19. The number of ether oxygens (including phenoxy) is 1. The van der Waals surface area contributed by atoms with Crippen LogP contribution in [0.15, 0.2) is 10.6 Å². The van der Waals surface area contributed by atoms with Crippen LogP contribution in [-0.4, -0.2) is 46.7 Å². The number of carboxylic acids is 1. The lowest BCUT2D eigenvalue weighted by molar-refractivity contribution is -0.147. The number of hydrogen-bond donors (Lipinski definition) is 1. The topological polar surface area (TPSA) is 92.9 Å². The van der Waals surface area contributed by atoms with Gasteiger partial charge >= 0.3 is 5.97 Å². The van der Waals surface area contributed by atoms with Crippen LogP contribution < -0.4 is 4.74 Å². The number of aliphatic carboxylic acids is 1. The van der Waals surface area contributed by atoms with E-state index in [9.17, 15) is 9.59 Å². The van der Waals surface area contributed by atoms with Gasteiger partial charge in [0, 0.05) is 19.2 Å². The molecule has 1 aromatic heterocycles. The molecular formula is C12H16N2O5. The maximum absolute atomic E-state index is 11.9. The van der Waals surface area contributed by atoms with E-state index in [0.717, 1.165) is 0 Å². The molecule has 0 bridgehead atoms. The standard InChI is InChI=1S/C12H16N2O5/c1-8-5-9(13-19-8)18-6-10(15)14-4-3-12(2,7-14)11(16)17/h5H,3-4,6-7H2,1-2H3,(H,16,17). The number of aromatic nitrogens is 1. The van der Waals surface area contributed by atoms with Crippen LogP contribution in [0.5, 0.6) is 5.88 Å². The van der Waals surface area contributed by atoms with Gasteiger partial charge < -0.3 is 19.3 Å². The van der Waals surface area contributed by atoms with E-state index in [2.05, 4.69) is 5.16 Å². The second-order valence-corrected chi connectivity index (χ2v) is 5.00. The van der Waals surface area contributed by atoms with Crippen LogP contribution in [0.4, 0.5) is 0 Å². The second-order valence-electron chi connectivity index (χ2n) is 5.00. The van der Waals surface area contributed by atoms with Crippen LogP contribution in [0.25, 0.3) is 0 Å². The molecule has 2 rings (SSSR count). The fraction of sp³-hybridized carbons (Fsp3) is 0.583. The molecule has 0 aliphatic carbocycles. The first-order chi connectivity index (χ1) is 8.90. The van der Waals surface area contributed by atoms with E-state index >= 15 is 0 Å². The smallest absolute Gasteiger partial charge is 0.311 e. The average molecular weight is 268 g/mol. The lowest BCUT2D eigenvalue weighted by atomic mass is 9.90. The summed E-state index contributed by atoms with van der Waals surface area (Å²) in [6, 6.07) is 1.58. The highest BCUT2D eigenvalue weighted by Gasteiger charge is 2.42. The van der Waals surface area contributed by atoms with Gasteiger partial charge in [-0.1, -0.05) is 0 Å². The van der Waals surface area contributed by atoms with Crippen molar-refractivity contribution >= 4 is 11.9 Å². The summed E-state index contributed by atoms with van der Waals surface area (Å²) in [6.07, 6.45) is 0.455. The first-order valence-corrected chi connectivity index (χ1v) is 5.98. The third-order valence-electron chi connectivity index (χ3n) is 3.29. The van der Waals surface area contributed by atoms with Crippen LogP contribution in [0.3, 0.4) is 0 Å². The predicted octanol–water partition coefficient (Wildman–Crippen LogP) is 0.685. The minimum atomic E-state index is -0.879. The highest BCUT2D eigenvalue weighted by Crippen LogP contribution is 2.30. The van der Waals surface area contributed by atoms with E-state index in [1.165, 1.54) is 4.90 Å². The Labute approximate surface area is 110 Å². The maximum atomic E-state index is 11.9. The van der Waals surface area contributed by atoms with Crippen molar-refractivity contribution in [3.8, 4) is 5.88 Å². The Morgan fingerprint density at radius 1 is 1.63 bits per heavy atom. The Hall–Kier alpha value is -2.05. The zero-order valence-electron chi connectivity index (χ0n) is 10.9. The molecule has 7 nitrogen and oxygen atoms in total. The van der Waals surface area contributed by atoms with Crippen LogP contribution in [0.2, 0.25) is 0 Å². The number of aryl methyl sites for hydroxylation is 1. The highest BCUT2D eigenvalue weighted by atomic mass is 16.5. The van der Waals surface area contributed by atoms with Crippen LogP contribution in [0.1, 0.15) is 19.1 Å². The minimum absolute atomic E-state index is 0.165. The van der Waals surface area contributed by atoms with E-state index in [1.807, 2.05) is 0 Å². The molecule has 1 aromatic rings. The van der Waals surface area contributed by atoms with Crippen molar-refractivity contribution in [2.75, 3.05) is 19.7 Å². The summed E-state index contributed by atoms with van der Waals surface area (Å²) in [5.74, 6) is -0.269. The third kappa shape index (κ3) is 2.86. The number of rotatable bonds is 4. The lowest BCUT2D eigenvalue weighted by Crippen LogP contribution is -2.37. The normalized spacial score (nSPS) is 22.5. The molecule has 1 unspecified atom stereocenters. The number of carboxylic acid groups (broad SMARTS) is 1. The molecule has 1 saturated heterocycles. The second kappa shape index (κ2) is 4.91. The molecule has 19 heavy (non-hydrogen) atoms. The fourth-order valence-electron chi connectivity index (χ4n) is 1.99. The first kappa shape index (κ1) is 13.4. The third-order valence-corrected chi connectivity index (χ3v) is 3.29. The number of carbonyl (C=O) groups excluding carboxylic acids is 1. The molecule has 7 heteroatoms. The van der Waals surface area contributed by atoms with E-state index in [0.29, 0.717) is 18.7 Å². The quantitative estimate of drug-likeness (QED) is 0.863. The van der Waals surface area contributed by atoms with Gasteiger partial charge in [0.15, 0.2) is 6.61 Å². The highest BCUT2D eigenvalue weighted by molar-refractivity contribution is 5.81. The van der Waals surface area contributed by atoms with Gasteiger partial charge in [-0.25, -0.2) is 0 Å². The molecule has 0 aromatic carbocycles. The molecule has 1 aliphatic heterocycles. The van der Waals surface area contributed by atoms with Gasteiger partial charge in [0.1, 0.15) is 5.76 Å². The summed E-state index contributed by atoms with van der Waals surface area (Å²) in [5.41, 5.74) is -0.861. The molecule has 0 radical (unpaired) electrons. The van der Waals surface area contributed by atoms with E-state index in [4.69, 9.17) is 14.4 Å². The number of likely N-dealkylation sites (tertiary alicyclic amines) is 1. The fourth-order valence-corrected chi connectivity index (χ4v) is 1.99. The van der Waals surface area contributed by atoms with Crippen molar-refractivity contribution in [3.63, 3.8) is 0 Å². The van der Waals surface area contributed by atoms with Gasteiger partial charge in [-0.05, 0) is 25.4 Å². The Morgan fingerprint density at radius 2 is 2.37 bits per heavy atom. The van der Waals surface area contributed by atoms with Crippen molar-refractivity contribution in [1.29, 1.82) is 0 Å². The van der Waals surface area contributed by atoms with Gasteiger partial charge in [-0.3, -0.25) is 9.59 Å². The average Bonchev–Trinajstić information content (AvgIpc) is 2.94. The van der Waals surface area contributed by atoms with Gasteiger partial charge in [-0.2, -0.15) is 0 Å². The molecule has 104 valence electrons. The van der Waals surface area contributed by atoms with Gasteiger partial charge in [0.25, 0.3) is 11.8 Å². The number of carbonyl (C=O) groups is 2. The predicted molar refractivity (Wildman–Crippen MR) is 63.7 cm³/mol. The maximum Gasteiger partial charge on any atom is 0.311 e. The van der Waals surface area contributed by atoms with Crippen molar-refractivity contribution < 1.29 is 24.0 Å². The molecule has 1 amide bonds. The Morgan fingerprint density at radius 3 is 2.89 bits per heavy atom. The SMILES string of the molecule is Cc1cc(OCC(=O)N2CCC(C)(C(=O)O)C2)no1. The first-order valence-electron chi connectivity index (χ1n) is 5.98. The summed E-state index contributed by atoms with van der Waals surface area (Å²) in [5, 5.41) is 12.7. The summed E-state index contributed by atoms with van der Waals surface area (Å²) in [6.45, 7) is 3.85. The Bertz CT molecular complexity index is 498. The molecule has 1 fully saturated rings. The van der Waals surface area contributed by atoms with Crippen molar-refractivity contribution in [1.82, 2.24) is 10.1 Å². The van der Waals surface area contributed by atoms with Gasteiger partial charge in [0.05, 0.1) is 5.41 Å². The zero-order chi connectivity index (χ0) is 14.0. The monoisotopic (exact) mass is 268 g/mol. The minimum Gasteiger partial charge on any atom is -0.481 e.